The second-order valence-electron chi connectivity index (χ2n) is 5.34. The number of nitrogens with one attached hydrogen (secondary N) is 1. The first-order valence-electron chi connectivity index (χ1n) is 7.05. The first-order chi connectivity index (χ1) is 9.63. The van der Waals surface area contributed by atoms with Crippen molar-refractivity contribution in [3.8, 4) is 5.75 Å². The molecule has 0 radical (unpaired) electrons. The van der Waals surface area contributed by atoms with Crippen molar-refractivity contribution in [2.24, 2.45) is 0 Å². The molecule has 0 aromatic heterocycles. The molecule has 1 atom stereocenters. The molecule has 2 aliphatic rings. The average Bonchev–Trinajstić information content (AvgIpc) is 3.06. The van der Waals surface area contributed by atoms with E-state index in [9.17, 15) is 8.42 Å². The molecule has 1 aromatic carbocycles. The number of sulfonamides is 1. The van der Waals surface area contributed by atoms with Crippen LogP contribution in [0.25, 0.3) is 0 Å². The van der Waals surface area contributed by atoms with E-state index in [2.05, 4.69) is 5.32 Å². The molecule has 5 nitrogen and oxygen atoms in total. The summed E-state index contributed by atoms with van der Waals surface area (Å²) in [7, 11) is -1.54. The third kappa shape index (κ3) is 2.32. The van der Waals surface area contributed by atoms with Gasteiger partial charge in [-0.1, -0.05) is 0 Å². The smallest absolute Gasteiger partial charge is 0.243 e. The zero-order chi connectivity index (χ0) is 14.2. The molecule has 0 aliphatic carbocycles. The molecule has 0 amide bonds. The SMILES string of the molecule is CNCC1CCCN1S(=O)(=O)c1ccc2c(c1)CCO2. The minimum Gasteiger partial charge on any atom is -0.493 e. The van der Waals surface area contributed by atoms with Crippen molar-refractivity contribution in [3.05, 3.63) is 23.8 Å². The van der Waals surface area contributed by atoms with E-state index in [4.69, 9.17) is 4.74 Å². The van der Waals surface area contributed by atoms with Crippen LogP contribution in [0.5, 0.6) is 5.75 Å². The van der Waals surface area contributed by atoms with Crippen LogP contribution in [0.3, 0.4) is 0 Å². The molecule has 1 fully saturated rings. The van der Waals surface area contributed by atoms with E-state index in [-0.39, 0.29) is 6.04 Å². The predicted octanol–water partition coefficient (Wildman–Crippen LogP) is 0.994. The molecule has 2 aliphatic heterocycles. The zero-order valence-electron chi connectivity index (χ0n) is 11.6. The molecule has 3 rings (SSSR count). The number of ether oxygens (including phenoxy) is 1. The van der Waals surface area contributed by atoms with E-state index >= 15 is 0 Å². The van der Waals surface area contributed by atoms with Gasteiger partial charge in [-0.2, -0.15) is 4.31 Å². The van der Waals surface area contributed by atoms with E-state index in [1.165, 1.54) is 0 Å². The molecule has 1 saturated heterocycles. The highest BCUT2D eigenvalue weighted by molar-refractivity contribution is 7.89. The van der Waals surface area contributed by atoms with Crippen molar-refractivity contribution < 1.29 is 13.2 Å². The van der Waals surface area contributed by atoms with Crippen LogP contribution in [-0.4, -0.2) is 45.5 Å². The van der Waals surface area contributed by atoms with E-state index in [0.717, 1.165) is 30.6 Å². The van der Waals surface area contributed by atoms with Crippen LogP contribution >= 0.6 is 0 Å². The quantitative estimate of drug-likeness (QED) is 0.900. The minimum absolute atomic E-state index is 0.0644. The second-order valence-corrected chi connectivity index (χ2v) is 7.23. The monoisotopic (exact) mass is 296 g/mol. The first kappa shape index (κ1) is 13.9. The van der Waals surface area contributed by atoms with Crippen LogP contribution in [0, 0.1) is 0 Å². The van der Waals surface area contributed by atoms with Gasteiger partial charge in [-0.15, -0.1) is 0 Å². The van der Waals surface area contributed by atoms with Gasteiger partial charge in [-0.3, -0.25) is 0 Å². The molecule has 110 valence electrons. The minimum atomic E-state index is -3.39. The third-order valence-electron chi connectivity index (χ3n) is 4.03. The van der Waals surface area contributed by atoms with Crippen molar-refractivity contribution in [1.29, 1.82) is 0 Å². The van der Waals surface area contributed by atoms with Crippen molar-refractivity contribution in [1.82, 2.24) is 9.62 Å². The van der Waals surface area contributed by atoms with E-state index < -0.39 is 10.0 Å². The van der Waals surface area contributed by atoms with Crippen LogP contribution in [0.15, 0.2) is 23.1 Å². The number of likely N-dealkylation sites (N-methyl/N-ethyl adjacent to an activating group) is 1. The summed E-state index contributed by atoms with van der Waals surface area (Å²) in [4.78, 5) is 0.393. The predicted molar refractivity (Wildman–Crippen MR) is 76.5 cm³/mol. The van der Waals surface area contributed by atoms with Crippen LogP contribution < -0.4 is 10.1 Å². The highest BCUT2D eigenvalue weighted by atomic mass is 32.2. The summed E-state index contributed by atoms with van der Waals surface area (Å²) >= 11 is 0. The zero-order valence-corrected chi connectivity index (χ0v) is 12.4. The Morgan fingerprint density at radius 2 is 2.30 bits per heavy atom. The number of rotatable bonds is 4. The molecular weight excluding hydrogens is 276 g/mol. The van der Waals surface area contributed by atoms with E-state index in [0.29, 0.717) is 24.6 Å². The lowest BCUT2D eigenvalue weighted by molar-refractivity contribution is 0.356. The molecular formula is C14H20N2O3S. The van der Waals surface area contributed by atoms with Gasteiger partial charge in [-0.05, 0) is 43.7 Å². The Morgan fingerprint density at radius 3 is 3.10 bits per heavy atom. The lowest BCUT2D eigenvalue weighted by atomic mass is 10.2. The summed E-state index contributed by atoms with van der Waals surface area (Å²) in [5.41, 5.74) is 0.996. The topological polar surface area (TPSA) is 58.6 Å². The standard InChI is InChI=1S/C14H20N2O3S/c1-15-10-12-3-2-7-16(12)20(17,18)13-4-5-14-11(9-13)6-8-19-14/h4-5,9,12,15H,2-3,6-8,10H2,1H3. The van der Waals surface area contributed by atoms with Crippen LogP contribution in [0.4, 0.5) is 0 Å². The Kier molecular flexibility index (Phi) is 3.70. The highest BCUT2D eigenvalue weighted by Crippen LogP contribution is 2.31. The van der Waals surface area contributed by atoms with Crippen molar-refractivity contribution in [2.45, 2.75) is 30.2 Å². The lowest BCUT2D eigenvalue weighted by Gasteiger charge is -2.24. The van der Waals surface area contributed by atoms with Gasteiger partial charge < -0.3 is 10.1 Å². The van der Waals surface area contributed by atoms with Gasteiger partial charge >= 0.3 is 0 Å². The van der Waals surface area contributed by atoms with Gasteiger partial charge in [0.05, 0.1) is 11.5 Å². The second kappa shape index (κ2) is 5.35. The molecule has 1 aromatic rings. The molecule has 2 heterocycles. The normalized spacial score (nSPS) is 22.8. The third-order valence-corrected chi connectivity index (χ3v) is 5.98. The summed E-state index contributed by atoms with van der Waals surface area (Å²) in [5.74, 6) is 0.817. The average molecular weight is 296 g/mol. The molecule has 1 unspecified atom stereocenters. The van der Waals surface area contributed by atoms with Crippen LogP contribution in [0.1, 0.15) is 18.4 Å². The number of nitrogens with zero attached hydrogens (tertiary/aromatic N) is 1. The maximum absolute atomic E-state index is 12.8. The van der Waals surface area contributed by atoms with Gasteiger partial charge in [0.25, 0.3) is 0 Å². The maximum atomic E-state index is 12.8. The number of hydrogen-bond acceptors (Lipinski definition) is 4. The Balaban J connectivity index is 1.91. The Labute approximate surface area is 120 Å². The van der Waals surface area contributed by atoms with Gasteiger partial charge in [0.1, 0.15) is 5.75 Å². The van der Waals surface area contributed by atoms with Crippen molar-refractivity contribution in [3.63, 3.8) is 0 Å². The number of hydrogen-bond donors (Lipinski definition) is 1. The largest absolute Gasteiger partial charge is 0.493 e. The number of fused-ring (bicyclic) bond motifs is 1. The summed E-state index contributed by atoms with van der Waals surface area (Å²) < 4.78 is 32.6. The summed E-state index contributed by atoms with van der Waals surface area (Å²) in [5, 5.41) is 3.08. The molecule has 0 saturated carbocycles. The van der Waals surface area contributed by atoms with Crippen LogP contribution in [0.2, 0.25) is 0 Å². The van der Waals surface area contributed by atoms with Crippen molar-refractivity contribution in [2.75, 3.05) is 26.7 Å². The Morgan fingerprint density at radius 1 is 1.45 bits per heavy atom. The fraction of sp³-hybridized carbons (Fsp3) is 0.571. The van der Waals surface area contributed by atoms with E-state index in [1.807, 2.05) is 7.05 Å². The molecule has 6 heteroatoms. The van der Waals surface area contributed by atoms with Gasteiger partial charge in [0.2, 0.25) is 10.0 Å². The van der Waals surface area contributed by atoms with Crippen molar-refractivity contribution >= 4 is 10.0 Å². The molecule has 20 heavy (non-hydrogen) atoms. The summed E-state index contributed by atoms with van der Waals surface area (Å²) in [6, 6.07) is 5.27. The van der Waals surface area contributed by atoms with E-state index in [1.54, 1.807) is 22.5 Å². The fourth-order valence-electron chi connectivity index (χ4n) is 3.02. The van der Waals surface area contributed by atoms with Gasteiger partial charge in [0.15, 0.2) is 0 Å². The molecule has 0 spiro atoms. The highest BCUT2D eigenvalue weighted by Gasteiger charge is 2.35. The maximum Gasteiger partial charge on any atom is 0.243 e. The Hall–Kier alpha value is -1.11. The lowest BCUT2D eigenvalue weighted by Crippen LogP contribution is -2.40. The fourth-order valence-corrected chi connectivity index (χ4v) is 4.77. The summed E-state index contributed by atoms with van der Waals surface area (Å²) in [6.45, 7) is 1.96. The first-order valence-corrected chi connectivity index (χ1v) is 8.49. The summed E-state index contributed by atoms with van der Waals surface area (Å²) in [6.07, 6.45) is 2.65. The van der Waals surface area contributed by atoms with Crippen LogP contribution in [-0.2, 0) is 16.4 Å². The molecule has 0 bridgehead atoms. The molecule has 1 N–H and O–H groups in total. The number of benzene rings is 1. The van der Waals surface area contributed by atoms with Gasteiger partial charge in [-0.25, -0.2) is 8.42 Å². The van der Waals surface area contributed by atoms with Gasteiger partial charge in [0, 0.05) is 25.6 Å². The Bertz CT molecular complexity index is 600.